The topological polar surface area (TPSA) is 78.2 Å². The van der Waals surface area contributed by atoms with E-state index in [1.807, 2.05) is 48.0 Å². The Morgan fingerprint density at radius 3 is 2.83 bits per heavy atom. The minimum absolute atomic E-state index is 0.106. The summed E-state index contributed by atoms with van der Waals surface area (Å²) >= 11 is 6.04. The van der Waals surface area contributed by atoms with Crippen LogP contribution in [0.25, 0.3) is 0 Å². The van der Waals surface area contributed by atoms with Crippen molar-refractivity contribution in [1.29, 1.82) is 0 Å². The fourth-order valence-electron chi connectivity index (χ4n) is 4.08. The smallest absolute Gasteiger partial charge is 0.161 e. The molecule has 0 amide bonds. The highest BCUT2D eigenvalue weighted by Gasteiger charge is 2.33. The van der Waals surface area contributed by atoms with E-state index in [0.717, 1.165) is 11.4 Å². The lowest BCUT2D eigenvalue weighted by molar-refractivity contribution is -0.0646. The molecule has 1 aromatic heterocycles. The van der Waals surface area contributed by atoms with Gasteiger partial charge in [-0.15, -0.1) is 0 Å². The third kappa shape index (κ3) is 7.11. The molecule has 1 atom stereocenters. The molecule has 0 saturated carbocycles. The molecule has 0 bridgehead atoms. The van der Waals surface area contributed by atoms with Crippen LogP contribution in [0.2, 0.25) is 5.02 Å². The number of nitrogens with zero attached hydrogens (tertiary/aromatic N) is 3. The molecule has 2 aromatic carbocycles. The molecule has 1 aliphatic rings. The number of halogens is 1. The summed E-state index contributed by atoms with van der Waals surface area (Å²) in [6, 6.07) is 13.1. The summed E-state index contributed by atoms with van der Waals surface area (Å²) in [5.74, 6) is 2.93. The van der Waals surface area contributed by atoms with Crippen LogP contribution in [-0.2, 0) is 17.8 Å². The zero-order valence-electron chi connectivity index (χ0n) is 20.2. The molecule has 4 rings (SSSR count). The van der Waals surface area contributed by atoms with E-state index in [0.29, 0.717) is 61.7 Å². The number of aryl methyl sites for hydroxylation is 1. The Morgan fingerprint density at radius 1 is 1.17 bits per heavy atom. The minimum Gasteiger partial charge on any atom is -0.493 e. The summed E-state index contributed by atoms with van der Waals surface area (Å²) in [6.45, 7) is 5.73. The molecule has 0 unspecified atom stereocenters. The minimum atomic E-state index is -1.15. The van der Waals surface area contributed by atoms with E-state index < -0.39 is 5.60 Å². The van der Waals surface area contributed by atoms with Crippen LogP contribution in [0.1, 0.15) is 11.4 Å². The number of methoxy groups -OCH3 is 1. The summed E-state index contributed by atoms with van der Waals surface area (Å²) in [5, 5.41) is 11.8. The van der Waals surface area contributed by atoms with Crippen molar-refractivity contribution >= 4 is 11.6 Å². The lowest BCUT2D eigenvalue weighted by Crippen LogP contribution is -2.48. The van der Waals surface area contributed by atoms with Crippen LogP contribution < -0.4 is 14.2 Å². The van der Waals surface area contributed by atoms with E-state index >= 15 is 0 Å². The standard InChI is InChI=1S/C26H32ClN3O5/c1-20-28-8-9-30(20)11-13-34-25-14-21(6-7-24(25)32-2)16-29-10-12-33-18-26(31,17-29)19-35-23-5-3-4-22(27)15-23/h3-9,14-15,31H,10-13,16-19H2,1-2H3/t26-/m1/s1. The van der Waals surface area contributed by atoms with Crippen molar-refractivity contribution in [3.8, 4) is 17.2 Å². The molecule has 0 spiro atoms. The molecular weight excluding hydrogens is 470 g/mol. The van der Waals surface area contributed by atoms with Crippen molar-refractivity contribution in [1.82, 2.24) is 14.5 Å². The number of aromatic nitrogens is 2. The van der Waals surface area contributed by atoms with Gasteiger partial charge in [-0.2, -0.15) is 0 Å². The molecule has 9 heteroatoms. The fraction of sp³-hybridized carbons (Fsp3) is 0.423. The van der Waals surface area contributed by atoms with Gasteiger partial charge in [0.2, 0.25) is 0 Å². The Hall–Kier alpha value is -2.78. The molecule has 8 nitrogen and oxygen atoms in total. The van der Waals surface area contributed by atoms with Gasteiger partial charge in [0.1, 0.15) is 30.4 Å². The second-order valence-electron chi connectivity index (χ2n) is 8.74. The first kappa shape index (κ1) is 25.3. The van der Waals surface area contributed by atoms with Gasteiger partial charge in [-0.25, -0.2) is 4.98 Å². The highest BCUT2D eigenvalue weighted by Crippen LogP contribution is 2.29. The van der Waals surface area contributed by atoms with Gasteiger partial charge < -0.3 is 28.6 Å². The Morgan fingerprint density at radius 2 is 2.06 bits per heavy atom. The number of benzene rings is 2. The predicted molar refractivity (Wildman–Crippen MR) is 133 cm³/mol. The molecule has 1 fully saturated rings. The number of ether oxygens (including phenoxy) is 4. The Kier molecular flexibility index (Phi) is 8.51. The van der Waals surface area contributed by atoms with Crippen LogP contribution in [0, 0.1) is 6.92 Å². The van der Waals surface area contributed by atoms with Gasteiger partial charge in [0.25, 0.3) is 0 Å². The number of rotatable bonds is 10. The molecule has 35 heavy (non-hydrogen) atoms. The summed E-state index contributed by atoms with van der Waals surface area (Å²) in [5.41, 5.74) is -0.0904. The highest BCUT2D eigenvalue weighted by atomic mass is 35.5. The van der Waals surface area contributed by atoms with Crippen molar-refractivity contribution in [2.75, 3.05) is 46.6 Å². The van der Waals surface area contributed by atoms with Crippen LogP contribution in [0.5, 0.6) is 17.2 Å². The molecule has 1 N–H and O–H groups in total. The summed E-state index contributed by atoms with van der Waals surface area (Å²) in [7, 11) is 1.63. The number of hydrogen-bond acceptors (Lipinski definition) is 7. The lowest BCUT2D eigenvalue weighted by Gasteiger charge is -2.30. The van der Waals surface area contributed by atoms with E-state index in [-0.39, 0.29) is 13.2 Å². The summed E-state index contributed by atoms with van der Waals surface area (Å²) < 4.78 is 25.1. The number of aliphatic hydroxyl groups is 1. The Balaban J connectivity index is 1.38. The van der Waals surface area contributed by atoms with Crippen molar-refractivity contribution < 1.29 is 24.1 Å². The van der Waals surface area contributed by atoms with Gasteiger partial charge in [-0.05, 0) is 42.8 Å². The number of hydrogen-bond donors (Lipinski definition) is 1. The highest BCUT2D eigenvalue weighted by molar-refractivity contribution is 6.30. The van der Waals surface area contributed by atoms with Crippen LogP contribution in [-0.4, -0.2) is 71.8 Å². The second kappa shape index (κ2) is 11.8. The van der Waals surface area contributed by atoms with E-state index in [9.17, 15) is 5.11 Å². The van der Waals surface area contributed by atoms with Crippen LogP contribution in [0.15, 0.2) is 54.9 Å². The van der Waals surface area contributed by atoms with Gasteiger partial charge in [0, 0.05) is 37.1 Å². The average molecular weight is 502 g/mol. The third-order valence-electron chi connectivity index (χ3n) is 5.89. The molecule has 188 valence electrons. The zero-order valence-corrected chi connectivity index (χ0v) is 20.9. The summed E-state index contributed by atoms with van der Waals surface area (Å²) in [4.78, 5) is 6.40. The summed E-state index contributed by atoms with van der Waals surface area (Å²) in [6.07, 6.45) is 3.72. The Bertz CT molecular complexity index is 1110. The molecule has 2 heterocycles. The predicted octanol–water partition coefficient (Wildman–Crippen LogP) is 3.57. The van der Waals surface area contributed by atoms with Gasteiger partial charge in [0.05, 0.1) is 26.9 Å². The maximum absolute atomic E-state index is 11.2. The fourth-order valence-corrected chi connectivity index (χ4v) is 4.26. The quantitative estimate of drug-likeness (QED) is 0.455. The monoisotopic (exact) mass is 501 g/mol. The SMILES string of the molecule is COc1ccc(CN2CCOC[C@@](O)(COc3cccc(Cl)c3)C2)cc1OCCn1ccnc1C. The van der Waals surface area contributed by atoms with Crippen molar-refractivity contribution in [2.45, 2.75) is 25.6 Å². The molecule has 3 aromatic rings. The first-order valence-electron chi connectivity index (χ1n) is 11.6. The second-order valence-corrected chi connectivity index (χ2v) is 9.17. The molecule has 1 aliphatic heterocycles. The number of β-amino-alcohol motifs (C(OH)–C–C–N with tert-alkyl or cyclic N) is 1. The van der Waals surface area contributed by atoms with E-state index in [4.69, 9.17) is 30.5 Å². The van der Waals surface area contributed by atoms with Crippen LogP contribution in [0.4, 0.5) is 0 Å². The van der Waals surface area contributed by atoms with E-state index in [2.05, 4.69) is 9.88 Å². The van der Waals surface area contributed by atoms with Crippen LogP contribution in [0.3, 0.4) is 0 Å². The van der Waals surface area contributed by atoms with Gasteiger partial charge >= 0.3 is 0 Å². The van der Waals surface area contributed by atoms with Crippen molar-refractivity contribution in [3.63, 3.8) is 0 Å². The van der Waals surface area contributed by atoms with Gasteiger partial charge in [0.15, 0.2) is 11.5 Å². The first-order chi connectivity index (χ1) is 16.9. The lowest BCUT2D eigenvalue weighted by atomic mass is 10.1. The largest absolute Gasteiger partial charge is 0.493 e. The molecular formula is C26H32ClN3O5. The normalized spacial score (nSPS) is 18.7. The van der Waals surface area contributed by atoms with Crippen molar-refractivity contribution in [2.24, 2.45) is 0 Å². The molecule has 0 aliphatic carbocycles. The van der Waals surface area contributed by atoms with Gasteiger partial charge in [-0.3, -0.25) is 4.90 Å². The van der Waals surface area contributed by atoms with E-state index in [1.165, 1.54) is 0 Å². The van der Waals surface area contributed by atoms with Crippen LogP contribution >= 0.6 is 11.6 Å². The maximum Gasteiger partial charge on any atom is 0.161 e. The zero-order chi connectivity index (χ0) is 24.7. The average Bonchev–Trinajstić information content (AvgIpc) is 3.15. The maximum atomic E-state index is 11.2. The molecule has 1 saturated heterocycles. The molecule has 0 radical (unpaired) electrons. The Labute approximate surface area is 211 Å². The van der Waals surface area contributed by atoms with E-state index in [1.54, 1.807) is 25.4 Å². The van der Waals surface area contributed by atoms with Crippen molar-refractivity contribution in [3.05, 3.63) is 71.3 Å². The first-order valence-corrected chi connectivity index (χ1v) is 12.0. The van der Waals surface area contributed by atoms with Gasteiger partial charge in [-0.1, -0.05) is 23.7 Å². The third-order valence-corrected chi connectivity index (χ3v) is 6.13. The number of imidazole rings is 1.